The van der Waals surface area contributed by atoms with Gasteiger partial charge < -0.3 is 9.47 Å². The molecular formula is C31H38O2. The molecule has 0 spiro atoms. The predicted octanol–water partition coefficient (Wildman–Crippen LogP) is 8.79. The summed E-state index contributed by atoms with van der Waals surface area (Å²) in [6.07, 6.45) is 6.33. The van der Waals surface area contributed by atoms with Crippen molar-refractivity contribution >= 4 is 21.5 Å². The van der Waals surface area contributed by atoms with Crippen LogP contribution in [0.3, 0.4) is 0 Å². The molecule has 0 aliphatic heterocycles. The highest BCUT2D eigenvalue weighted by Crippen LogP contribution is 2.40. The van der Waals surface area contributed by atoms with E-state index in [0.717, 1.165) is 18.6 Å². The van der Waals surface area contributed by atoms with E-state index in [1.807, 2.05) is 6.92 Å². The van der Waals surface area contributed by atoms with Crippen LogP contribution < -0.4 is 0 Å². The molecule has 33 heavy (non-hydrogen) atoms. The summed E-state index contributed by atoms with van der Waals surface area (Å²) in [7, 11) is 0. The molecule has 1 aliphatic rings. The van der Waals surface area contributed by atoms with Gasteiger partial charge in [0.15, 0.2) is 6.29 Å². The zero-order valence-electron chi connectivity index (χ0n) is 21.0. The van der Waals surface area contributed by atoms with E-state index in [0.29, 0.717) is 18.4 Å². The summed E-state index contributed by atoms with van der Waals surface area (Å²) in [5.41, 5.74) is 2.85. The molecule has 0 bridgehead atoms. The topological polar surface area (TPSA) is 18.5 Å². The van der Waals surface area contributed by atoms with Gasteiger partial charge in [-0.15, -0.1) is 0 Å². The van der Waals surface area contributed by atoms with Gasteiger partial charge in [-0.2, -0.15) is 0 Å². The van der Waals surface area contributed by atoms with E-state index in [4.69, 9.17) is 9.47 Å². The van der Waals surface area contributed by atoms with Crippen LogP contribution in [0.25, 0.3) is 21.5 Å². The Morgan fingerprint density at radius 3 is 2.06 bits per heavy atom. The number of hydrogen-bond acceptors (Lipinski definition) is 2. The van der Waals surface area contributed by atoms with Crippen LogP contribution in [0.2, 0.25) is 0 Å². The fourth-order valence-corrected chi connectivity index (χ4v) is 5.60. The normalized spacial score (nSPS) is 16.6. The van der Waals surface area contributed by atoms with E-state index in [9.17, 15) is 0 Å². The maximum absolute atomic E-state index is 6.31. The molecule has 3 aromatic rings. The fourth-order valence-electron chi connectivity index (χ4n) is 5.60. The van der Waals surface area contributed by atoms with Crippen molar-refractivity contribution in [2.75, 3.05) is 0 Å². The molecule has 2 unspecified atom stereocenters. The molecule has 0 radical (unpaired) electrons. The van der Waals surface area contributed by atoms with Gasteiger partial charge in [0.25, 0.3) is 0 Å². The first-order valence-corrected chi connectivity index (χ1v) is 12.3. The Morgan fingerprint density at radius 1 is 0.879 bits per heavy atom. The van der Waals surface area contributed by atoms with Crippen LogP contribution in [0.5, 0.6) is 0 Å². The second-order valence-corrected chi connectivity index (χ2v) is 10.7. The molecule has 2 atom stereocenters. The van der Waals surface area contributed by atoms with Crippen LogP contribution in [0.1, 0.15) is 59.9 Å². The van der Waals surface area contributed by atoms with Gasteiger partial charge in [0.2, 0.25) is 0 Å². The Balaban J connectivity index is 1.51. The molecule has 0 saturated carbocycles. The second kappa shape index (κ2) is 9.73. The lowest BCUT2D eigenvalue weighted by molar-refractivity contribution is -0.113. The van der Waals surface area contributed by atoms with Gasteiger partial charge in [-0.25, -0.2) is 0 Å². The smallest absolute Gasteiger partial charge is 0.196 e. The molecule has 4 rings (SSSR count). The minimum absolute atomic E-state index is 0.219. The minimum Gasteiger partial charge on any atom is -0.470 e. The highest BCUT2D eigenvalue weighted by atomic mass is 16.7. The van der Waals surface area contributed by atoms with E-state index in [1.54, 1.807) is 0 Å². The predicted molar refractivity (Wildman–Crippen MR) is 140 cm³/mol. The average molecular weight is 443 g/mol. The Hall–Kier alpha value is -2.58. The molecule has 1 aliphatic carbocycles. The van der Waals surface area contributed by atoms with Crippen molar-refractivity contribution in [1.29, 1.82) is 0 Å². The van der Waals surface area contributed by atoms with Gasteiger partial charge in [-0.1, -0.05) is 89.2 Å². The molecule has 3 aromatic carbocycles. The van der Waals surface area contributed by atoms with Crippen LogP contribution in [-0.2, 0) is 16.1 Å². The molecule has 0 aromatic heterocycles. The highest BCUT2D eigenvalue weighted by molar-refractivity contribution is 6.02. The molecule has 174 valence electrons. The standard InChI is InChI=1S/C31H38O2/c1-21(2)30(31(4,5)6)25-14-11-15-26(19-25)33-22(3)32-20-29-27-16-9-7-12-23(27)18-24-13-8-10-17-28(24)29/h7-10,12-14,16-19,21-22,30H,11,15,20H2,1-6H3. The zero-order valence-corrected chi connectivity index (χ0v) is 21.0. The van der Waals surface area contributed by atoms with Gasteiger partial charge in [0, 0.05) is 6.42 Å². The Morgan fingerprint density at radius 2 is 1.48 bits per heavy atom. The van der Waals surface area contributed by atoms with Crippen LogP contribution in [0, 0.1) is 17.3 Å². The average Bonchev–Trinajstić information content (AvgIpc) is 2.75. The van der Waals surface area contributed by atoms with E-state index >= 15 is 0 Å². The summed E-state index contributed by atoms with van der Waals surface area (Å²) < 4.78 is 12.6. The SMILES string of the molecule is CC(OCc1c2ccccc2cc2ccccc12)OC1=CC(C(C(C)C)C(C)(C)C)=CCC1. The lowest BCUT2D eigenvalue weighted by Crippen LogP contribution is -2.27. The third-order valence-corrected chi connectivity index (χ3v) is 6.72. The van der Waals surface area contributed by atoms with Crippen LogP contribution in [0.15, 0.2) is 78.1 Å². The summed E-state index contributed by atoms with van der Waals surface area (Å²) >= 11 is 0. The number of benzene rings is 3. The maximum atomic E-state index is 6.31. The summed E-state index contributed by atoms with van der Waals surface area (Å²) in [6.45, 7) is 14.2. The quantitative estimate of drug-likeness (QED) is 0.269. The molecular weight excluding hydrogens is 404 g/mol. The molecule has 0 saturated heterocycles. The molecule has 2 nitrogen and oxygen atoms in total. The summed E-state index contributed by atoms with van der Waals surface area (Å²) in [6, 6.07) is 19.4. The number of hydrogen-bond donors (Lipinski definition) is 0. The second-order valence-electron chi connectivity index (χ2n) is 10.7. The maximum Gasteiger partial charge on any atom is 0.196 e. The van der Waals surface area contributed by atoms with E-state index in [1.165, 1.54) is 32.7 Å². The van der Waals surface area contributed by atoms with Crippen molar-refractivity contribution in [1.82, 2.24) is 0 Å². The van der Waals surface area contributed by atoms with Crippen LogP contribution in [-0.4, -0.2) is 6.29 Å². The van der Waals surface area contributed by atoms with E-state index < -0.39 is 0 Å². The van der Waals surface area contributed by atoms with Gasteiger partial charge in [0.05, 0.1) is 6.61 Å². The van der Waals surface area contributed by atoms with E-state index in [-0.39, 0.29) is 11.7 Å². The molecule has 0 fully saturated rings. The molecule has 0 heterocycles. The van der Waals surface area contributed by atoms with Gasteiger partial charge in [-0.3, -0.25) is 0 Å². The summed E-state index contributed by atoms with van der Waals surface area (Å²) in [5.74, 6) is 2.13. The van der Waals surface area contributed by atoms with Crippen molar-refractivity contribution in [2.45, 2.75) is 67.3 Å². The first kappa shape index (κ1) is 23.6. The summed E-state index contributed by atoms with van der Waals surface area (Å²) in [5, 5.41) is 4.98. The third kappa shape index (κ3) is 5.33. The highest BCUT2D eigenvalue weighted by Gasteiger charge is 2.31. The molecule has 2 heteroatoms. The van der Waals surface area contributed by atoms with Crippen molar-refractivity contribution in [3.8, 4) is 0 Å². The Bertz CT molecular complexity index is 1120. The molecule has 0 amide bonds. The minimum atomic E-state index is -0.305. The number of fused-ring (bicyclic) bond motifs is 2. The number of allylic oxidation sites excluding steroid dienone is 4. The van der Waals surface area contributed by atoms with Crippen molar-refractivity contribution in [2.24, 2.45) is 17.3 Å². The Kier molecular flexibility index (Phi) is 6.95. The lowest BCUT2D eigenvalue weighted by atomic mass is 9.69. The van der Waals surface area contributed by atoms with Crippen LogP contribution in [0.4, 0.5) is 0 Å². The van der Waals surface area contributed by atoms with Crippen molar-refractivity contribution < 1.29 is 9.47 Å². The number of ether oxygens (including phenoxy) is 2. The third-order valence-electron chi connectivity index (χ3n) is 6.72. The Labute approximate surface area is 199 Å². The number of rotatable bonds is 7. The first-order chi connectivity index (χ1) is 15.7. The van der Waals surface area contributed by atoms with Crippen LogP contribution >= 0.6 is 0 Å². The van der Waals surface area contributed by atoms with Gasteiger partial charge in [0.1, 0.15) is 5.76 Å². The lowest BCUT2D eigenvalue weighted by Gasteiger charge is -2.36. The van der Waals surface area contributed by atoms with Gasteiger partial charge in [-0.05, 0) is 75.4 Å². The van der Waals surface area contributed by atoms with Crippen molar-refractivity contribution in [3.05, 3.63) is 83.6 Å². The first-order valence-electron chi connectivity index (χ1n) is 12.3. The largest absolute Gasteiger partial charge is 0.470 e. The van der Waals surface area contributed by atoms with Crippen molar-refractivity contribution in [3.63, 3.8) is 0 Å². The van der Waals surface area contributed by atoms with E-state index in [2.05, 4.69) is 101 Å². The molecule has 0 N–H and O–H groups in total. The summed E-state index contributed by atoms with van der Waals surface area (Å²) in [4.78, 5) is 0. The monoisotopic (exact) mass is 442 g/mol. The zero-order chi connectivity index (χ0) is 23.6. The fraction of sp³-hybridized carbons (Fsp3) is 0.419. The van der Waals surface area contributed by atoms with Gasteiger partial charge >= 0.3 is 0 Å².